The molecule has 2 fully saturated rings. The number of carbonyl (C=O) groups excluding carboxylic acids is 2. The predicted molar refractivity (Wildman–Crippen MR) is 136 cm³/mol. The van der Waals surface area contributed by atoms with Gasteiger partial charge in [-0.2, -0.15) is 0 Å². The lowest BCUT2D eigenvalue weighted by Crippen LogP contribution is -2.45. The van der Waals surface area contributed by atoms with Crippen LogP contribution in [0.5, 0.6) is 0 Å². The Morgan fingerprint density at radius 3 is 2.50 bits per heavy atom. The molecule has 1 spiro atoms. The zero-order chi connectivity index (χ0) is 23.9. The fourth-order valence-electron chi connectivity index (χ4n) is 5.22. The SMILES string of the molecule is COC1CC(C(=O)Nc2ccc3c(c2)CCN(C)C2(CC2)C3)N(C(=O)Nc2ccc(Br)cc2)C1. The van der Waals surface area contributed by atoms with E-state index in [4.69, 9.17) is 4.74 Å². The fourth-order valence-corrected chi connectivity index (χ4v) is 5.49. The summed E-state index contributed by atoms with van der Waals surface area (Å²) in [6.07, 6.45) is 4.88. The monoisotopic (exact) mass is 526 g/mol. The fraction of sp³-hybridized carbons (Fsp3) is 0.462. The second-order valence-electron chi connectivity index (χ2n) is 9.74. The molecule has 0 bridgehead atoms. The van der Waals surface area contributed by atoms with Crippen LogP contribution in [0.3, 0.4) is 0 Å². The molecule has 2 atom stereocenters. The number of urea groups is 1. The first-order valence-electron chi connectivity index (χ1n) is 11.9. The minimum absolute atomic E-state index is 0.177. The van der Waals surface area contributed by atoms with Crippen molar-refractivity contribution < 1.29 is 14.3 Å². The van der Waals surface area contributed by atoms with Crippen molar-refractivity contribution >= 4 is 39.2 Å². The highest BCUT2D eigenvalue weighted by Gasteiger charge is 2.47. The Morgan fingerprint density at radius 1 is 1.06 bits per heavy atom. The highest BCUT2D eigenvalue weighted by Crippen LogP contribution is 2.45. The Bertz CT molecular complexity index is 1090. The van der Waals surface area contributed by atoms with Crippen LogP contribution >= 0.6 is 15.9 Å². The van der Waals surface area contributed by atoms with E-state index in [2.05, 4.69) is 50.6 Å². The van der Waals surface area contributed by atoms with Crippen molar-refractivity contribution in [2.24, 2.45) is 0 Å². The van der Waals surface area contributed by atoms with E-state index in [1.807, 2.05) is 30.3 Å². The summed E-state index contributed by atoms with van der Waals surface area (Å²) in [5.74, 6) is -0.185. The van der Waals surface area contributed by atoms with Crippen molar-refractivity contribution in [1.82, 2.24) is 9.80 Å². The zero-order valence-corrected chi connectivity index (χ0v) is 21.2. The van der Waals surface area contributed by atoms with Crippen LogP contribution in [0.4, 0.5) is 16.2 Å². The topological polar surface area (TPSA) is 73.9 Å². The number of ether oxygens (including phenoxy) is 1. The summed E-state index contributed by atoms with van der Waals surface area (Å²) in [5, 5.41) is 5.96. The van der Waals surface area contributed by atoms with E-state index in [1.165, 1.54) is 24.0 Å². The summed E-state index contributed by atoms with van der Waals surface area (Å²) in [6.45, 7) is 1.40. The second-order valence-corrected chi connectivity index (χ2v) is 10.7. The number of hydrogen-bond acceptors (Lipinski definition) is 4. The van der Waals surface area contributed by atoms with E-state index < -0.39 is 6.04 Å². The summed E-state index contributed by atoms with van der Waals surface area (Å²) in [4.78, 5) is 30.4. The molecular weight excluding hydrogens is 496 g/mol. The Morgan fingerprint density at radius 2 is 1.79 bits per heavy atom. The summed E-state index contributed by atoms with van der Waals surface area (Å²) in [7, 11) is 3.84. The second kappa shape index (κ2) is 9.32. The Labute approximate surface area is 209 Å². The number of hydrogen-bond donors (Lipinski definition) is 2. The molecule has 7 nitrogen and oxygen atoms in total. The van der Waals surface area contributed by atoms with Crippen molar-refractivity contribution in [3.05, 3.63) is 58.1 Å². The first-order valence-corrected chi connectivity index (χ1v) is 12.7. The number of anilines is 2. The van der Waals surface area contributed by atoms with Crippen molar-refractivity contribution in [3.8, 4) is 0 Å². The molecule has 1 aliphatic carbocycles. The van der Waals surface area contributed by atoms with Gasteiger partial charge in [0.15, 0.2) is 0 Å². The standard InChI is InChI=1S/C26H31BrN4O3/c1-30-12-9-17-13-21(6-3-18(17)15-26(30)10-11-26)28-24(32)23-14-22(34-2)16-31(23)25(33)29-20-7-4-19(27)5-8-20/h3-8,13,22-23H,9-12,14-16H2,1-2H3,(H,28,32)(H,29,33). The van der Waals surface area contributed by atoms with Crippen LogP contribution < -0.4 is 10.6 Å². The number of methoxy groups -OCH3 is 1. The number of nitrogens with zero attached hydrogens (tertiary/aromatic N) is 2. The molecule has 2 aliphatic heterocycles. The van der Waals surface area contributed by atoms with Crippen molar-refractivity contribution in [1.29, 1.82) is 0 Å². The smallest absolute Gasteiger partial charge is 0.322 e. The lowest BCUT2D eigenvalue weighted by atomic mass is 9.98. The number of likely N-dealkylation sites (tertiary alicyclic amines) is 1. The van der Waals surface area contributed by atoms with Crippen LogP contribution in [-0.2, 0) is 22.4 Å². The molecule has 2 heterocycles. The van der Waals surface area contributed by atoms with Crippen LogP contribution in [0.1, 0.15) is 30.4 Å². The van der Waals surface area contributed by atoms with E-state index in [9.17, 15) is 9.59 Å². The maximum atomic E-state index is 13.3. The van der Waals surface area contributed by atoms with Crippen LogP contribution in [0, 0.1) is 0 Å². The third kappa shape index (κ3) is 4.72. The van der Waals surface area contributed by atoms with Crippen LogP contribution in [-0.4, -0.2) is 66.7 Å². The molecule has 3 amide bonds. The minimum Gasteiger partial charge on any atom is -0.380 e. The number of nitrogens with one attached hydrogen (secondary N) is 2. The predicted octanol–water partition coefficient (Wildman–Crippen LogP) is 4.27. The van der Waals surface area contributed by atoms with Crippen molar-refractivity contribution in [2.75, 3.05) is 37.9 Å². The first-order chi connectivity index (χ1) is 16.4. The summed E-state index contributed by atoms with van der Waals surface area (Å²) in [5.41, 5.74) is 4.50. The van der Waals surface area contributed by atoms with E-state index >= 15 is 0 Å². The van der Waals surface area contributed by atoms with Gasteiger partial charge in [-0.1, -0.05) is 22.0 Å². The zero-order valence-electron chi connectivity index (χ0n) is 19.6. The molecular formula is C26H31BrN4O3. The summed E-state index contributed by atoms with van der Waals surface area (Å²) >= 11 is 3.40. The maximum Gasteiger partial charge on any atom is 0.322 e. The van der Waals surface area contributed by atoms with Gasteiger partial charge in [0.25, 0.3) is 0 Å². The molecule has 2 aromatic rings. The van der Waals surface area contributed by atoms with Gasteiger partial charge < -0.3 is 25.2 Å². The van der Waals surface area contributed by atoms with E-state index in [0.717, 1.165) is 29.5 Å². The highest BCUT2D eigenvalue weighted by molar-refractivity contribution is 9.10. The Hall–Kier alpha value is -2.42. The van der Waals surface area contributed by atoms with E-state index in [1.54, 1.807) is 12.0 Å². The maximum absolute atomic E-state index is 13.3. The number of fused-ring (bicyclic) bond motifs is 1. The molecule has 0 aromatic heterocycles. The van der Waals surface area contributed by atoms with Gasteiger partial charge in [-0.25, -0.2) is 4.79 Å². The molecule has 0 radical (unpaired) electrons. The van der Waals surface area contributed by atoms with Gasteiger partial charge in [0.05, 0.1) is 6.10 Å². The van der Waals surface area contributed by atoms with Crippen molar-refractivity contribution in [2.45, 2.75) is 49.8 Å². The average Bonchev–Trinajstić information content (AvgIpc) is 3.51. The number of halogens is 1. The number of amides is 3. The molecule has 1 saturated heterocycles. The van der Waals surface area contributed by atoms with Crippen LogP contribution in [0.25, 0.3) is 0 Å². The van der Waals surface area contributed by atoms with Crippen LogP contribution in [0.15, 0.2) is 46.9 Å². The van der Waals surface area contributed by atoms with E-state index in [0.29, 0.717) is 24.2 Å². The summed E-state index contributed by atoms with van der Waals surface area (Å²) in [6, 6.07) is 12.7. The van der Waals surface area contributed by atoms with Gasteiger partial charge >= 0.3 is 6.03 Å². The molecule has 8 heteroatoms. The average molecular weight is 527 g/mol. The van der Waals surface area contributed by atoms with Gasteiger partial charge in [0.1, 0.15) is 6.04 Å². The Kier molecular flexibility index (Phi) is 6.39. The largest absolute Gasteiger partial charge is 0.380 e. The minimum atomic E-state index is -0.597. The van der Waals surface area contributed by atoms with Gasteiger partial charge in [0.2, 0.25) is 5.91 Å². The first kappa shape index (κ1) is 23.3. The molecule has 34 heavy (non-hydrogen) atoms. The third-order valence-electron chi connectivity index (χ3n) is 7.60. The van der Waals surface area contributed by atoms with Crippen LogP contribution in [0.2, 0.25) is 0 Å². The highest BCUT2D eigenvalue weighted by atomic mass is 79.9. The van der Waals surface area contributed by atoms with E-state index in [-0.39, 0.29) is 18.0 Å². The molecule has 2 N–H and O–H groups in total. The lowest BCUT2D eigenvalue weighted by Gasteiger charge is -2.25. The normalized spacial score (nSPS) is 23.3. The number of likely N-dealkylation sites (N-methyl/N-ethyl adjacent to an activating group) is 1. The van der Waals surface area contributed by atoms with Gasteiger partial charge in [-0.05, 0) is 80.3 Å². The lowest BCUT2D eigenvalue weighted by molar-refractivity contribution is -0.119. The molecule has 1 saturated carbocycles. The molecule has 180 valence electrons. The number of benzene rings is 2. The third-order valence-corrected chi connectivity index (χ3v) is 8.13. The molecule has 2 aromatic carbocycles. The molecule has 5 rings (SSSR count). The van der Waals surface area contributed by atoms with Gasteiger partial charge in [0, 0.05) is 48.0 Å². The molecule has 2 unspecified atom stereocenters. The quantitative estimate of drug-likeness (QED) is 0.623. The van der Waals surface area contributed by atoms with Crippen molar-refractivity contribution in [3.63, 3.8) is 0 Å². The van der Waals surface area contributed by atoms with Gasteiger partial charge in [-0.15, -0.1) is 0 Å². The summed E-state index contributed by atoms with van der Waals surface area (Å²) < 4.78 is 6.43. The number of carbonyl (C=O) groups is 2. The number of rotatable bonds is 4. The molecule has 3 aliphatic rings. The van der Waals surface area contributed by atoms with Gasteiger partial charge in [-0.3, -0.25) is 4.79 Å². The Balaban J connectivity index is 1.29.